The Bertz CT molecular complexity index is 895. The van der Waals surface area contributed by atoms with Gasteiger partial charge in [-0.25, -0.2) is 13.5 Å². The first-order chi connectivity index (χ1) is 12.2. The van der Waals surface area contributed by atoms with Crippen molar-refractivity contribution in [3.05, 3.63) is 11.8 Å². The zero-order valence-corrected chi connectivity index (χ0v) is 15.6. The number of nitrogens with one attached hydrogen (secondary N) is 2. The number of hydrogen-bond donors (Lipinski definition) is 2. The minimum Gasteiger partial charge on any atom is -0.381 e. The van der Waals surface area contributed by atoms with E-state index in [1.165, 1.54) is 13.8 Å². The molecule has 0 aromatic carbocycles. The molecule has 0 saturated carbocycles. The van der Waals surface area contributed by atoms with Crippen molar-refractivity contribution in [1.29, 1.82) is 0 Å². The topological polar surface area (TPSA) is 140 Å². The van der Waals surface area contributed by atoms with Crippen molar-refractivity contribution in [2.75, 3.05) is 18.5 Å². The molecule has 0 aliphatic carbocycles. The molecule has 0 atom stereocenters. The lowest BCUT2D eigenvalue weighted by atomic mass is 10.2. The Kier molecular flexibility index (Phi) is 4.84. The van der Waals surface area contributed by atoms with Crippen LogP contribution in [0.2, 0.25) is 0 Å². The van der Waals surface area contributed by atoms with Crippen LogP contribution in [0.1, 0.15) is 32.4 Å². The second kappa shape index (κ2) is 6.80. The highest BCUT2D eigenvalue weighted by atomic mass is 32.2. The number of nitrogens with zero attached hydrogens (tertiary/aromatic N) is 3. The van der Waals surface area contributed by atoms with Gasteiger partial charge in [-0.2, -0.15) is 10.1 Å². The minimum atomic E-state index is -3.70. The molecule has 142 valence electrons. The van der Waals surface area contributed by atoms with E-state index in [-0.39, 0.29) is 11.8 Å². The van der Waals surface area contributed by atoms with E-state index in [9.17, 15) is 13.2 Å². The van der Waals surface area contributed by atoms with Crippen molar-refractivity contribution in [2.24, 2.45) is 0 Å². The quantitative estimate of drug-likeness (QED) is 0.781. The van der Waals surface area contributed by atoms with Gasteiger partial charge in [-0.15, -0.1) is 0 Å². The van der Waals surface area contributed by atoms with Crippen LogP contribution in [-0.2, 0) is 19.4 Å². The van der Waals surface area contributed by atoms with Gasteiger partial charge in [0.15, 0.2) is 15.5 Å². The molecule has 2 aromatic rings. The molecule has 1 aliphatic rings. The van der Waals surface area contributed by atoms with Crippen LogP contribution in [0.3, 0.4) is 0 Å². The Labute approximate surface area is 150 Å². The van der Waals surface area contributed by atoms with E-state index in [1.807, 2.05) is 0 Å². The number of aromatic amines is 1. The van der Waals surface area contributed by atoms with Gasteiger partial charge < -0.3 is 9.26 Å². The number of sulfone groups is 1. The summed E-state index contributed by atoms with van der Waals surface area (Å²) in [6, 6.07) is 1.65. The van der Waals surface area contributed by atoms with Gasteiger partial charge in [0.25, 0.3) is 0 Å². The number of carbonyl (C=O) groups is 1. The van der Waals surface area contributed by atoms with Crippen LogP contribution in [0, 0.1) is 6.92 Å². The molecule has 0 radical (unpaired) electrons. The summed E-state index contributed by atoms with van der Waals surface area (Å²) in [5.74, 6) is 0.199. The monoisotopic (exact) mass is 383 g/mol. The first-order valence-corrected chi connectivity index (χ1v) is 9.75. The molecule has 0 spiro atoms. The van der Waals surface area contributed by atoms with Gasteiger partial charge in [-0.3, -0.25) is 10.1 Å². The summed E-state index contributed by atoms with van der Waals surface area (Å²) >= 11 is 0. The van der Waals surface area contributed by atoms with Crippen LogP contribution in [0.15, 0.2) is 10.6 Å². The zero-order chi connectivity index (χ0) is 18.9. The molecule has 0 unspecified atom stereocenters. The van der Waals surface area contributed by atoms with Gasteiger partial charge >= 0.3 is 0 Å². The Morgan fingerprint density at radius 2 is 2.04 bits per heavy atom. The van der Waals surface area contributed by atoms with Crippen LogP contribution < -0.4 is 5.32 Å². The second-order valence-corrected chi connectivity index (χ2v) is 9.43. The van der Waals surface area contributed by atoms with Gasteiger partial charge in [0, 0.05) is 19.3 Å². The summed E-state index contributed by atoms with van der Waals surface area (Å²) in [5.41, 5.74) is 0.410. The summed E-state index contributed by atoms with van der Waals surface area (Å²) in [5, 5.41) is 12.2. The summed E-state index contributed by atoms with van der Waals surface area (Å²) in [7, 11) is -3.70. The summed E-state index contributed by atoms with van der Waals surface area (Å²) in [6.45, 7) is 5.28. The van der Waals surface area contributed by atoms with E-state index in [1.54, 1.807) is 13.0 Å². The number of aryl methyl sites for hydroxylation is 1. The molecule has 0 bridgehead atoms. The lowest BCUT2D eigenvalue weighted by molar-refractivity contribution is -0.117. The standard InChI is InChI=1S/C15H21N5O5S/c1-9-8-11(20-25-9)12-16-14(19-18-12)17-13(21)15(2,3)26(22,23)10-4-6-24-7-5-10/h8,10H,4-7H2,1-3H3,(H2,16,17,18,19,21). The fraction of sp³-hybridized carbons (Fsp3) is 0.600. The molecule has 3 rings (SSSR count). The number of amides is 1. The van der Waals surface area contributed by atoms with Crippen LogP contribution in [-0.4, -0.2) is 57.9 Å². The van der Waals surface area contributed by atoms with Crippen LogP contribution in [0.25, 0.3) is 11.5 Å². The molecular weight excluding hydrogens is 362 g/mol. The van der Waals surface area contributed by atoms with Crippen LogP contribution in [0.4, 0.5) is 5.95 Å². The third kappa shape index (κ3) is 3.36. The predicted octanol–water partition coefficient (Wildman–Crippen LogP) is 1.08. The predicted molar refractivity (Wildman–Crippen MR) is 92.1 cm³/mol. The number of carbonyl (C=O) groups excluding carboxylic acids is 1. The van der Waals surface area contributed by atoms with Crippen LogP contribution >= 0.6 is 0 Å². The highest BCUT2D eigenvalue weighted by Gasteiger charge is 2.46. The van der Waals surface area contributed by atoms with E-state index in [0.717, 1.165) is 0 Å². The smallest absolute Gasteiger partial charge is 0.247 e. The fourth-order valence-electron chi connectivity index (χ4n) is 2.69. The summed E-state index contributed by atoms with van der Waals surface area (Å²) in [6.07, 6.45) is 0.772. The molecular formula is C15H21N5O5S. The maximum Gasteiger partial charge on any atom is 0.247 e. The molecule has 10 nitrogen and oxygen atoms in total. The Balaban J connectivity index is 1.75. The van der Waals surface area contributed by atoms with Crippen molar-refractivity contribution in [1.82, 2.24) is 20.3 Å². The molecule has 1 fully saturated rings. The van der Waals surface area contributed by atoms with Gasteiger partial charge in [0.1, 0.15) is 10.5 Å². The minimum absolute atomic E-state index is 0.0425. The van der Waals surface area contributed by atoms with Gasteiger partial charge in [-0.05, 0) is 33.6 Å². The first-order valence-electron chi connectivity index (χ1n) is 8.20. The van der Waals surface area contributed by atoms with Crippen molar-refractivity contribution in [3.8, 4) is 11.5 Å². The maximum absolute atomic E-state index is 12.9. The number of H-pyrrole nitrogens is 1. The van der Waals surface area contributed by atoms with E-state index >= 15 is 0 Å². The second-order valence-electron chi connectivity index (χ2n) is 6.65. The SMILES string of the molecule is Cc1cc(-c2n[nH]c(NC(=O)C(C)(C)S(=O)(=O)C3CCOCC3)n2)no1. The Morgan fingerprint density at radius 3 is 2.65 bits per heavy atom. The molecule has 1 saturated heterocycles. The molecule has 2 N–H and O–H groups in total. The number of anilines is 1. The lowest BCUT2D eigenvalue weighted by Gasteiger charge is -2.30. The lowest BCUT2D eigenvalue weighted by Crippen LogP contribution is -2.50. The fourth-order valence-corrected chi connectivity index (χ4v) is 4.65. The normalized spacial score (nSPS) is 16.6. The van der Waals surface area contributed by atoms with E-state index in [0.29, 0.717) is 37.5 Å². The van der Waals surface area contributed by atoms with Crippen molar-refractivity contribution < 1.29 is 22.5 Å². The molecule has 1 amide bonds. The highest BCUT2D eigenvalue weighted by Crippen LogP contribution is 2.28. The molecule has 26 heavy (non-hydrogen) atoms. The molecule has 2 aromatic heterocycles. The van der Waals surface area contributed by atoms with E-state index in [2.05, 4.69) is 25.7 Å². The number of aromatic nitrogens is 4. The summed E-state index contributed by atoms with van der Waals surface area (Å²) < 4.78 is 34.3. The molecule has 1 aliphatic heterocycles. The number of hydrogen-bond acceptors (Lipinski definition) is 8. The zero-order valence-electron chi connectivity index (χ0n) is 14.8. The number of rotatable bonds is 5. The Morgan fingerprint density at radius 1 is 1.35 bits per heavy atom. The molecule has 11 heteroatoms. The van der Waals surface area contributed by atoms with E-state index < -0.39 is 25.7 Å². The van der Waals surface area contributed by atoms with Crippen molar-refractivity contribution >= 4 is 21.7 Å². The van der Waals surface area contributed by atoms with Crippen molar-refractivity contribution in [3.63, 3.8) is 0 Å². The third-order valence-corrected chi connectivity index (χ3v) is 7.40. The number of ether oxygens (including phenoxy) is 1. The van der Waals surface area contributed by atoms with Gasteiger partial charge in [0.2, 0.25) is 17.7 Å². The molecule has 3 heterocycles. The summed E-state index contributed by atoms with van der Waals surface area (Å²) in [4.78, 5) is 16.7. The highest BCUT2D eigenvalue weighted by molar-refractivity contribution is 7.94. The van der Waals surface area contributed by atoms with Gasteiger partial charge in [0.05, 0.1) is 5.25 Å². The third-order valence-electron chi connectivity index (χ3n) is 4.44. The maximum atomic E-state index is 12.9. The Hall–Kier alpha value is -2.27. The van der Waals surface area contributed by atoms with Gasteiger partial charge in [-0.1, -0.05) is 5.16 Å². The van der Waals surface area contributed by atoms with Crippen molar-refractivity contribution in [2.45, 2.75) is 43.6 Å². The largest absolute Gasteiger partial charge is 0.381 e. The average molecular weight is 383 g/mol. The first kappa shape index (κ1) is 18.5. The van der Waals surface area contributed by atoms with E-state index in [4.69, 9.17) is 9.26 Å². The average Bonchev–Trinajstić information content (AvgIpc) is 3.24. The van der Waals surface area contributed by atoms with Crippen LogP contribution in [0.5, 0.6) is 0 Å².